The number of rotatable bonds is 10. The average Bonchev–Trinajstić information content (AvgIpc) is 3.39. The second-order valence-corrected chi connectivity index (χ2v) is 11.9. The monoisotopic (exact) mass is 581 g/mol. The van der Waals surface area contributed by atoms with E-state index in [2.05, 4.69) is 26.0 Å². The maximum absolute atomic E-state index is 14.2. The fourth-order valence-corrected chi connectivity index (χ4v) is 6.01. The molecule has 2 aromatic heterocycles. The number of para-hydroxylation sites is 2. The van der Waals surface area contributed by atoms with Gasteiger partial charge in [-0.25, -0.2) is 13.8 Å². The minimum atomic E-state index is -2.76. The van der Waals surface area contributed by atoms with Crippen molar-refractivity contribution in [2.75, 3.05) is 49.6 Å². The first-order valence-electron chi connectivity index (χ1n) is 14.8. The van der Waals surface area contributed by atoms with Crippen molar-refractivity contribution in [3.8, 4) is 18.2 Å². The number of aromatic nitrogens is 4. The van der Waals surface area contributed by atoms with Crippen LogP contribution in [0.15, 0.2) is 30.3 Å². The lowest BCUT2D eigenvalue weighted by Crippen LogP contribution is -2.53. The molecule has 9 nitrogen and oxygen atoms in total. The Kier molecular flexibility index (Phi) is 9.25. The van der Waals surface area contributed by atoms with Crippen LogP contribution in [0.5, 0.6) is 0 Å². The molecule has 1 aliphatic heterocycles. The lowest BCUT2D eigenvalue weighted by atomic mass is 9.83. The molecular formula is C31H41F2N7O2. The number of anilines is 2. The second-order valence-electron chi connectivity index (χ2n) is 11.9. The summed E-state index contributed by atoms with van der Waals surface area (Å²) >= 11 is 0. The van der Waals surface area contributed by atoms with Gasteiger partial charge in [-0.1, -0.05) is 18.1 Å². The average molecular weight is 582 g/mol. The number of morpholine rings is 1. The van der Waals surface area contributed by atoms with Gasteiger partial charge in [0.1, 0.15) is 11.6 Å². The zero-order valence-corrected chi connectivity index (χ0v) is 24.6. The summed E-state index contributed by atoms with van der Waals surface area (Å²) in [4.78, 5) is 18.1. The maximum atomic E-state index is 14.2. The van der Waals surface area contributed by atoms with Crippen LogP contribution < -0.4 is 10.2 Å². The number of terminal acetylenes is 1. The minimum Gasteiger partial charge on any atom is -0.389 e. The molecular weight excluding hydrogens is 540 g/mol. The highest BCUT2D eigenvalue weighted by Gasteiger charge is 2.34. The quantitative estimate of drug-likeness (QED) is 0.335. The zero-order valence-electron chi connectivity index (χ0n) is 24.6. The Balaban J connectivity index is 1.36. The number of alkyl halides is 2. The summed E-state index contributed by atoms with van der Waals surface area (Å²) in [6, 6.07) is 9.11. The molecule has 2 fully saturated rings. The Bertz CT molecular complexity index is 1390. The zero-order chi connectivity index (χ0) is 29.9. The molecule has 1 aliphatic carbocycles. The molecule has 226 valence electrons. The number of halogens is 2. The highest BCUT2D eigenvalue weighted by molar-refractivity contribution is 5.78. The van der Waals surface area contributed by atoms with E-state index in [1.807, 2.05) is 26.8 Å². The number of ether oxygens (including phenoxy) is 1. The van der Waals surface area contributed by atoms with Gasteiger partial charge in [0.05, 0.1) is 36.4 Å². The molecule has 0 radical (unpaired) electrons. The fraction of sp³-hybridized carbons (Fsp3) is 0.581. The summed E-state index contributed by atoms with van der Waals surface area (Å²) in [6.07, 6.45) is 6.86. The lowest BCUT2D eigenvalue weighted by molar-refractivity contribution is -0.0304. The van der Waals surface area contributed by atoms with E-state index in [0.29, 0.717) is 80.0 Å². The van der Waals surface area contributed by atoms with E-state index >= 15 is 0 Å². The van der Waals surface area contributed by atoms with Crippen LogP contribution in [0.4, 0.5) is 20.5 Å². The summed E-state index contributed by atoms with van der Waals surface area (Å²) in [5.74, 6) is 4.24. The van der Waals surface area contributed by atoms with Crippen molar-refractivity contribution in [1.82, 2.24) is 24.4 Å². The van der Waals surface area contributed by atoms with Gasteiger partial charge in [0.2, 0.25) is 5.95 Å². The molecule has 0 bridgehead atoms. The second kappa shape index (κ2) is 12.9. The Morgan fingerprint density at radius 3 is 2.48 bits per heavy atom. The first-order chi connectivity index (χ1) is 20.2. The number of hydrogen-bond donors (Lipinski definition) is 2. The van der Waals surface area contributed by atoms with Gasteiger partial charge in [0.25, 0.3) is 6.43 Å². The molecule has 42 heavy (non-hydrogen) atoms. The minimum absolute atomic E-state index is 0.0552. The SMILES string of the molecule is C#CCN(C1CCC(CNc2nc(N3CCOCC3)cc(-n3c(C(F)F)nc4ccccc43)n2)CC1)C(C)C(C)(C)O. The van der Waals surface area contributed by atoms with E-state index in [4.69, 9.17) is 21.1 Å². The van der Waals surface area contributed by atoms with Crippen molar-refractivity contribution in [3.63, 3.8) is 0 Å². The van der Waals surface area contributed by atoms with E-state index < -0.39 is 12.0 Å². The molecule has 1 atom stereocenters. The molecule has 2 N–H and O–H groups in total. The van der Waals surface area contributed by atoms with Gasteiger partial charge in [0, 0.05) is 37.8 Å². The van der Waals surface area contributed by atoms with Crippen molar-refractivity contribution in [2.24, 2.45) is 5.92 Å². The van der Waals surface area contributed by atoms with Crippen LogP contribution in [-0.2, 0) is 4.74 Å². The molecule has 0 amide bonds. The lowest BCUT2D eigenvalue weighted by Gasteiger charge is -2.43. The van der Waals surface area contributed by atoms with Crippen molar-refractivity contribution in [2.45, 2.75) is 70.6 Å². The third kappa shape index (κ3) is 6.66. The normalized spacial score (nSPS) is 20.7. The van der Waals surface area contributed by atoms with Gasteiger partial charge >= 0.3 is 0 Å². The first kappa shape index (κ1) is 30.1. The van der Waals surface area contributed by atoms with E-state index in [9.17, 15) is 13.9 Å². The molecule has 2 aliphatic rings. The van der Waals surface area contributed by atoms with Crippen molar-refractivity contribution in [1.29, 1.82) is 0 Å². The molecule has 3 heterocycles. The molecule has 11 heteroatoms. The van der Waals surface area contributed by atoms with Crippen LogP contribution in [0.2, 0.25) is 0 Å². The number of nitrogens with zero attached hydrogens (tertiary/aromatic N) is 6. The predicted molar refractivity (Wildman–Crippen MR) is 160 cm³/mol. The predicted octanol–water partition coefficient (Wildman–Crippen LogP) is 4.66. The number of hydrogen-bond acceptors (Lipinski definition) is 8. The summed E-state index contributed by atoms with van der Waals surface area (Å²) in [6.45, 7) is 9.32. The number of imidazole rings is 1. The number of nitrogens with one attached hydrogen (secondary N) is 1. The van der Waals surface area contributed by atoms with Gasteiger partial charge in [-0.2, -0.15) is 9.97 Å². The molecule has 1 aromatic carbocycles. The van der Waals surface area contributed by atoms with Crippen LogP contribution in [0.1, 0.15) is 58.7 Å². The third-order valence-corrected chi connectivity index (χ3v) is 8.67. The maximum Gasteiger partial charge on any atom is 0.296 e. The van der Waals surface area contributed by atoms with Crippen LogP contribution in [0.25, 0.3) is 16.9 Å². The van der Waals surface area contributed by atoms with E-state index in [1.54, 1.807) is 24.3 Å². The van der Waals surface area contributed by atoms with Gasteiger partial charge in [0.15, 0.2) is 5.82 Å². The molecule has 1 saturated heterocycles. The van der Waals surface area contributed by atoms with Crippen LogP contribution >= 0.6 is 0 Å². The highest BCUT2D eigenvalue weighted by Crippen LogP contribution is 2.32. The summed E-state index contributed by atoms with van der Waals surface area (Å²) < 4.78 is 35.3. The molecule has 0 spiro atoms. The van der Waals surface area contributed by atoms with Crippen molar-refractivity contribution >= 4 is 22.8 Å². The summed E-state index contributed by atoms with van der Waals surface area (Å²) in [5.41, 5.74) is 0.212. The Hall–Kier alpha value is -3.33. The van der Waals surface area contributed by atoms with Crippen LogP contribution in [0.3, 0.4) is 0 Å². The topological polar surface area (TPSA) is 91.6 Å². The third-order valence-electron chi connectivity index (χ3n) is 8.67. The first-order valence-corrected chi connectivity index (χ1v) is 14.8. The van der Waals surface area contributed by atoms with Gasteiger partial charge < -0.3 is 20.1 Å². The number of benzene rings is 1. The van der Waals surface area contributed by atoms with Gasteiger partial charge in [-0.05, 0) is 64.5 Å². The standard InChI is InChI=1S/C31H41F2N7O2/c1-5-14-39(21(2)31(3,4)41)23-12-10-22(11-13-23)20-34-30-36-26(38-15-17-42-18-16-38)19-27(37-30)40-25-9-7-6-8-24(25)35-29(40)28(32)33/h1,6-9,19,21-23,28,41H,10-18,20H2,2-4H3,(H,34,36,37). The molecule has 1 saturated carbocycles. The van der Waals surface area contributed by atoms with Crippen molar-refractivity contribution < 1.29 is 18.6 Å². The molecule has 3 aromatic rings. The largest absolute Gasteiger partial charge is 0.389 e. The summed E-state index contributed by atoms with van der Waals surface area (Å²) in [7, 11) is 0. The number of aliphatic hydroxyl groups is 1. The van der Waals surface area contributed by atoms with Crippen molar-refractivity contribution in [3.05, 3.63) is 36.2 Å². The Morgan fingerprint density at radius 1 is 1.12 bits per heavy atom. The van der Waals surface area contributed by atoms with Gasteiger partial charge in [-0.3, -0.25) is 9.47 Å². The smallest absolute Gasteiger partial charge is 0.296 e. The van der Waals surface area contributed by atoms with Crippen LogP contribution in [0, 0.1) is 18.3 Å². The van der Waals surface area contributed by atoms with Gasteiger partial charge in [-0.15, -0.1) is 6.42 Å². The Morgan fingerprint density at radius 2 is 1.81 bits per heavy atom. The fourth-order valence-electron chi connectivity index (χ4n) is 6.01. The molecule has 1 unspecified atom stereocenters. The Labute approximate surface area is 246 Å². The number of fused-ring (bicyclic) bond motifs is 1. The summed E-state index contributed by atoms with van der Waals surface area (Å²) in [5, 5.41) is 14.0. The van der Waals surface area contributed by atoms with Crippen LogP contribution in [-0.4, -0.2) is 86.6 Å². The highest BCUT2D eigenvalue weighted by atomic mass is 19.3. The molecule has 5 rings (SSSR count). The van der Waals surface area contributed by atoms with E-state index in [1.165, 1.54) is 4.57 Å². The van der Waals surface area contributed by atoms with E-state index in [0.717, 1.165) is 25.7 Å². The van der Waals surface area contributed by atoms with E-state index in [-0.39, 0.29) is 11.9 Å².